The van der Waals surface area contributed by atoms with Gasteiger partial charge in [0.05, 0.1) is 12.1 Å². The Morgan fingerprint density at radius 1 is 1.00 bits per heavy atom. The Hall–Kier alpha value is -3.12. The molecule has 2 atom stereocenters. The van der Waals surface area contributed by atoms with Crippen LogP contribution in [0.25, 0.3) is 0 Å². The second-order valence-electron chi connectivity index (χ2n) is 7.42. The molecule has 5 nitrogen and oxygen atoms in total. The van der Waals surface area contributed by atoms with E-state index >= 15 is 0 Å². The lowest BCUT2D eigenvalue weighted by atomic mass is 10.1. The van der Waals surface area contributed by atoms with Crippen molar-refractivity contribution in [3.8, 4) is 0 Å². The van der Waals surface area contributed by atoms with Gasteiger partial charge in [-0.25, -0.2) is 0 Å². The Kier molecular flexibility index (Phi) is 6.14. The molecule has 0 unspecified atom stereocenters. The van der Waals surface area contributed by atoms with Crippen LogP contribution in [0.5, 0.6) is 0 Å². The summed E-state index contributed by atoms with van der Waals surface area (Å²) in [5.74, 6) is -1.22. The monoisotopic (exact) mass is 419 g/mol. The maximum absolute atomic E-state index is 12.5. The number of fused-ring (bicyclic) bond motifs is 1. The molecule has 3 aromatic rings. The Balaban J connectivity index is 1.42. The number of para-hydroxylation sites is 1. The minimum Gasteiger partial charge on any atom is -0.361 e. The minimum absolute atomic E-state index is 0.00283. The number of thiophene rings is 1. The first-order chi connectivity index (χ1) is 14.6. The van der Waals surface area contributed by atoms with E-state index < -0.39 is 11.8 Å². The third-order valence-electron chi connectivity index (χ3n) is 5.48. The summed E-state index contributed by atoms with van der Waals surface area (Å²) in [6.45, 7) is 3.14. The van der Waals surface area contributed by atoms with Gasteiger partial charge in [-0.15, -0.1) is 11.3 Å². The lowest BCUT2D eigenvalue weighted by molar-refractivity contribution is -0.139. The average molecular weight is 420 g/mol. The standard InChI is InChI=1S/C24H25N3O2S/c1-17(18-8-3-2-4-9-18)26-24(29)23(28)25-16-21(22-12-7-15-30-22)27-14-13-19-10-5-6-11-20(19)27/h2-12,15,17,21H,13-14,16H2,1H3,(H,25,28)(H,26,29)/t17-,21-/m1/s1. The van der Waals surface area contributed by atoms with E-state index in [2.05, 4.69) is 39.8 Å². The Morgan fingerprint density at radius 3 is 2.53 bits per heavy atom. The van der Waals surface area contributed by atoms with E-state index in [0.717, 1.165) is 18.5 Å². The summed E-state index contributed by atoms with van der Waals surface area (Å²) in [5.41, 5.74) is 3.48. The zero-order valence-corrected chi connectivity index (χ0v) is 17.7. The largest absolute Gasteiger partial charge is 0.361 e. The molecule has 0 radical (unpaired) electrons. The molecule has 6 heteroatoms. The van der Waals surface area contributed by atoms with Gasteiger partial charge in [0.25, 0.3) is 0 Å². The quantitative estimate of drug-likeness (QED) is 0.597. The first kappa shape index (κ1) is 20.2. The van der Waals surface area contributed by atoms with E-state index in [-0.39, 0.29) is 12.1 Å². The third-order valence-corrected chi connectivity index (χ3v) is 6.45. The first-order valence-electron chi connectivity index (χ1n) is 10.1. The number of amides is 2. The average Bonchev–Trinajstić information content (AvgIpc) is 3.45. The van der Waals surface area contributed by atoms with Crippen LogP contribution in [0.3, 0.4) is 0 Å². The van der Waals surface area contributed by atoms with Gasteiger partial charge in [-0.3, -0.25) is 9.59 Å². The number of nitrogens with one attached hydrogen (secondary N) is 2. The van der Waals surface area contributed by atoms with E-state index in [1.807, 2.05) is 54.8 Å². The smallest absolute Gasteiger partial charge is 0.309 e. The van der Waals surface area contributed by atoms with E-state index in [4.69, 9.17) is 0 Å². The normalized spacial score (nSPS) is 14.6. The number of hydrogen-bond donors (Lipinski definition) is 2. The highest BCUT2D eigenvalue weighted by Gasteiger charge is 2.28. The molecule has 30 heavy (non-hydrogen) atoms. The van der Waals surface area contributed by atoms with Crippen molar-refractivity contribution in [2.45, 2.75) is 25.4 Å². The van der Waals surface area contributed by atoms with Gasteiger partial charge in [0.15, 0.2) is 0 Å². The van der Waals surface area contributed by atoms with Crippen molar-refractivity contribution < 1.29 is 9.59 Å². The summed E-state index contributed by atoms with van der Waals surface area (Å²) in [7, 11) is 0. The Labute approximate surface area is 180 Å². The molecule has 2 aromatic carbocycles. The zero-order valence-electron chi connectivity index (χ0n) is 16.9. The summed E-state index contributed by atoms with van der Waals surface area (Å²) in [4.78, 5) is 28.4. The van der Waals surface area contributed by atoms with Crippen LogP contribution in [0.1, 0.15) is 35.0 Å². The van der Waals surface area contributed by atoms with Crippen molar-refractivity contribution in [1.29, 1.82) is 0 Å². The first-order valence-corrected chi connectivity index (χ1v) is 11.0. The Morgan fingerprint density at radius 2 is 1.77 bits per heavy atom. The van der Waals surface area contributed by atoms with Crippen LogP contribution in [0.2, 0.25) is 0 Å². The van der Waals surface area contributed by atoms with Gasteiger partial charge in [-0.2, -0.15) is 0 Å². The third kappa shape index (κ3) is 4.39. The van der Waals surface area contributed by atoms with E-state index in [1.54, 1.807) is 11.3 Å². The molecular weight excluding hydrogens is 394 g/mol. The highest BCUT2D eigenvalue weighted by Crippen LogP contribution is 2.36. The molecule has 2 heterocycles. The number of anilines is 1. The SMILES string of the molecule is C[C@@H](NC(=O)C(=O)NC[C@H](c1cccs1)N1CCc2ccccc21)c1ccccc1. The minimum atomic E-state index is -0.613. The molecule has 0 bridgehead atoms. The lowest BCUT2D eigenvalue weighted by Gasteiger charge is -2.30. The van der Waals surface area contributed by atoms with Crippen molar-refractivity contribution in [1.82, 2.24) is 10.6 Å². The number of nitrogens with zero attached hydrogens (tertiary/aromatic N) is 1. The van der Waals surface area contributed by atoms with Gasteiger partial charge in [-0.05, 0) is 42.0 Å². The van der Waals surface area contributed by atoms with E-state index in [1.165, 1.54) is 16.1 Å². The molecule has 0 aliphatic carbocycles. The van der Waals surface area contributed by atoms with Crippen molar-refractivity contribution in [2.75, 3.05) is 18.0 Å². The van der Waals surface area contributed by atoms with Gasteiger partial charge in [0, 0.05) is 23.7 Å². The molecule has 4 rings (SSSR count). The van der Waals surface area contributed by atoms with Gasteiger partial charge in [-0.1, -0.05) is 54.6 Å². The van der Waals surface area contributed by atoms with Gasteiger partial charge < -0.3 is 15.5 Å². The molecule has 2 N–H and O–H groups in total. The van der Waals surface area contributed by atoms with Crippen LogP contribution >= 0.6 is 11.3 Å². The number of carbonyl (C=O) groups excluding carboxylic acids is 2. The molecule has 0 saturated heterocycles. The highest BCUT2D eigenvalue weighted by atomic mass is 32.1. The van der Waals surface area contributed by atoms with Crippen molar-refractivity contribution in [3.05, 3.63) is 88.1 Å². The molecule has 154 valence electrons. The van der Waals surface area contributed by atoms with Crippen molar-refractivity contribution in [3.63, 3.8) is 0 Å². The summed E-state index contributed by atoms with van der Waals surface area (Å²) >= 11 is 1.67. The lowest BCUT2D eigenvalue weighted by Crippen LogP contribution is -2.44. The molecule has 0 spiro atoms. The van der Waals surface area contributed by atoms with Gasteiger partial charge in [0.1, 0.15) is 0 Å². The number of hydrogen-bond acceptors (Lipinski definition) is 4. The molecule has 1 aliphatic heterocycles. The number of benzene rings is 2. The van der Waals surface area contributed by atoms with Crippen molar-refractivity contribution >= 4 is 28.8 Å². The van der Waals surface area contributed by atoms with Crippen LogP contribution in [0, 0.1) is 0 Å². The predicted octanol–water partition coefficient (Wildman–Crippen LogP) is 3.85. The fourth-order valence-corrected chi connectivity index (χ4v) is 4.73. The van der Waals surface area contributed by atoms with Crippen LogP contribution in [0.4, 0.5) is 5.69 Å². The molecule has 2 amide bonds. The van der Waals surface area contributed by atoms with Crippen LogP contribution in [-0.2, 0) is 16.0 Å². The maximum Gasteiger partial charge on any atom is 0.309 e. The van der Waals surface area contributed by atoms with Gasteiger partial charge in [0.2, 0.25) is 0 Å². The molecule has 0 saturated carbocycles. The number of rotatable bonds is 6. The fraction of sp³-hybridized carbons (Fsp3) is 0.250. The topological polar surface area (TPSA) is 61.4 Å². The molecular formula is C24H25N3O2S. The summed E-state index contributed by atoms with van der Waals surface area (Å²) in [5, 5.41) is 7.67. The van der Waals surface area contributed by atoms with Crippen molar-refractivity contribution in [2.24, 2.45) is 0 Å². The second kappa shape index (κ2) is 9.13. The highest BCUT2D eigenvalue weighted by molar-refractivity contribution is 7.10. The summed E-state index contributed by atoms with van der Waals surface area (Å²) in [6.07, 6.45) is 0.987. The number of carbonyl (C=O) groups is 2. The van der Waals surface area contributed by atoms with E-state index in [9.17, 15) is 9.59 Å². The van der Waals surface area contributed by atoms with Gasteiger partial charge >= 0.3 is 11.8 Å². The Bertz CT molecular complexity index is 1000. The molecule has 0 fully saturated rings. The van der Waals surface area contributed by atoms with Crippen LogP contribution in [0.15, 0.2) is 72.1 Å². The van der Waals surface area contributed by atoms with Crippen LogP contribution < -0.4 is 15.5 Å². The van der Waals surface area contributed by atoms with E-state index in [0.29, 0.717) is 6.54 Å². The molecule has 1 aliphatic rings. The second-order valence-corrected chi connectivity index (χ2v) is 8.40. The summed E-state index contributed by atoms with van der Waals surface area (Å²) < 4.78 is 0. The fourth-order valence-electron chi connectivity index (χ4n) is 3.89. The predicted molar refractivity (Wildman–Crippen MR) is 121 cm³/mol. The molecule has 1 aromatic heterocycles. The maximum atomic E-state index is 12.5. The summed E-state index contributed by atoms with van der Waals surface area (Å²) in [6, 6.07) is 21.9. The zero-order chi connectivity index (χ0) is 20.9. The van der Waals surface area contributed by atoms with Crippen LogP contribution in [-0.4, -0.2) is 24.9 Å².